The summed E-state index contributed by atoms with van der Waals surface area (Å²) in [4.78, 5) is 0. The van der Waals surface area contributed by atoms with E-state index in [1.54, 1.807) is 12.1 Å². The molecule has 0 amide bonds. The normalized spacial score (nSPS) is 15.1. The lowest BCUT2D eigenvalue weighted by atomic mass is 10.1. The number of hydrogen-bond donors (Lipinski definition) is 1. The van der Waals surface area contributed by atoms with Gasteiger partial charge in [-0.3, -0.25) is 0 Å². The quantitative estimate of drug-likeness (QED) is 0.770. The van der Waals surface area contributed by atoms with Gasteiger partial charge >= 0.3 is 0 Å². The van der Waals surface area contributed by atoms with Crippen LogP contribution < -0.4 is 5.32 Å². The Morgan fingerprint density at radius 1 is 1.11 bits per heavy atom. The van der Waals surface area contributed by atoms with E-state index in [0.29, 0.717) is 28.1 Å². The van der Waals surface area contributed by atoms with Crippen molar-refractivity contribution in [3.63, 3.8) is 0 Å². The SMILES string of the molecule is Clc1cc(Cl)c(CCOCCNC2CC2)c(Cl)c1. The molecule has 0 aliphatic heterocycles. The second kappa shape index (κ2) is 6.97. The lowest BCUT2D eigenvalue weighted by Gasteiger charge is -2.09. The van der Waals surface area contributed by atoms with Gasteiger partial charge in [0.05, 0.1) is 13.2 Å². The first kappa shape index (κ1) is 14.4. The van der Waals surface area contributed by atoms with Crippen LogP contribution in [0, 0.1) is 0 Å². The molecular weight excluding hydrogens is 293 g/mol. The molecule has 1 N–H and O–H groups in total. The van der Waals surface area contributed by atoms with Gasteiger partial charge < -0.3 is 10.1 Å². The summed E-state index contributed by atoms with van der Waals surface area (Å²) in [6.07, 6.45) is 3.31. The van der Waals surface area contributed by atoms with Gasteiger partial charge in [0.2, 0.25) is 0 Å². The molecule has 0 heterocycles. The van der Waals surface area contributed by atoms with E-state index < -0.39 is 0 Å². The lowest BCUT2D eigenvalue weighted by Crippen LogP contribution is -2.22. The van der Waals surface area contributed by atoms with Gasteiger partial charge in [0, 0.05) is 27.7 Å². The average molecular weight is 309 g/mol. The zero-order valence-electron chi connectivity index (χ0n) is 10.0. The van der Waals surface area contributed by atoms with Gasteiger partial charge in [0.1, 0.15) is 0 Å². The van der Waals surface area contributed by atoms with Crippen LogP contribution in [0.2, 0.25) is 15.1 Å². The van der Waals surface area contributed by atoms with E-state index in [4.69, 9.17) is 39.5 Å². The molecule has 0 unspecified atom stereocenters. The second-order valence-corrected chi connectivity index (χ2v) is 5.69. The third-order valence-electron chi connectivity index (χ3n) is 2.86. The van der Waals surface area contributed by atoms with Crippen molar-refractivity contribution in [3.05, 3.63) is 32.8 Å². The van der Waals surface area contributed by atoms with Gasteiger partial charge in [0.25, 0.3) is 0 Å². The zero-order valence-corrected chi connectivity index (χ0v) is 12.3. The van der Waals surface area contributed by atoms with Crippen LogP contribution >= 0.6 is 34.8 Å². The summed E-state index contributed by atoms with van der Waals surface area (Å²) in [5.41, 5.74) is 0.901. The van der Waals surface area contributed by atoms with Gasteiger partial charge in [-0.15, -0.1) is 0 Å². The molecule has 1 aromatic carbocycles. The van der Waals surface area contributed by atoms with Crippen LogP contribution in [0.15, 0.2) is 12.1 Å². The second-order valence-electron chi connectivity index (χ2n) is 4.44. The van der Waals surface area contributed by atoms with Crippen LogP contribution in [0.1, 0.15) is 18.4 Å². The standard InChI is InChI=1S/C13H16Cl3NO/c14-9-7-12(15)11(13(16)8-9)3-5-18-6-4-17-10-1-2-10/h7-8,10,17H,1-6H2. The molecular formula is C13H16Cl3NO. The van der Waals surface area contributed by atoms with Gasteiger partial charge in [-0.05, 0) is 37.0 Å². The fraction of sp³-hybridized carbons (Fsp3) is 0.538. The molecule has 0 aromatic heterocycles. The molecule has 5 heteroatoms. The van der Waals surface area contributed by atoms with Crippen molar-refractivity contribution in [2.45, 2.75) is 25.3 Å². The number of hydrogen-bond acceptors (Lipinski definition) is 2. The molecule has 0 saturated heterocycles. The van der Waals surface area contributed by atoms with Crippen LogP contribution in [-0.2, 0) is 11.2 Å². The molecule has 1 fully saturated rings. The molecule has 0 spiro atoms. The Bertz CT molecular complexity index is 384. The molecule has 2 rings (SSSR count). The van der Waals surface area contributed by atoms with Crippen molar-refractivity contribution in [3.8, 4) is 0 Å². The first-order chi connectivity index (χ1) is 8.66. The molecule has 0 radical (unpaired) electrons. The van der Waals surface area contributed by atoms with Gasteiger partial charge in [-0.1, -0.05) is 34.8 Å². The van der Waals surface area contributed by atoms with Crippen LogP contribution in [0.25, 0.3) is 0 Å². The number of ether oxygens (including phenoxy) is 1. The first-order valence-corrected chi connectivity index (χ1v) is 7.25. The van der Waals surface area contributed by atoms with E-state index in [1.165, 1.54) is 12.8 Å². The van der Waals surface area contributed by atoms with E-state index in [9.17, 15) is 0 Å². The van der Waals surface area contributed by atoms with Gasteiger partial charge in [0.15, 0.2) is 0 Å². The monoisotopic (exact) mass is 307 g/mol. The summed E-state index contributed by atoms with van der Waals surface area (Å²) in [6.45, 7) is 2.25. The molecule has 1 aliphatic rings. The average Bonchev–Trinajstić information content (AvgIpc) is 3.09. The Kier molecular flexibility index (Phi) is 5.58. The Morgan fingerprint density at radius 3 is 2.39 bits per heavy atom. The summed E-state index contributed by atoms with van der Waals surface area (Å²) in [5, 5.41) is 5.16. The van der Waals surface area contributed by atoms with Crippen molar-refractivity contribution in [2.75, 3.05) is 19.8 Å². The number of halogens is 3. The molecule has 100 valence electrons. The van der Waals surface area contributed by atoms with Gasteiger partial charge in [-0.25, -0.2) is 0 Å². The largest absolute Gasteiger partial charge is 0.380 e. The highest BCUT2D eigenvalue weighted by molar-refractivity contribution is 6.39. The van der Waals surface area contributed by atoms with E-state index in [2.05, 4.69) is 5.32 Å². The molecule has 1 saturated carbocycles. The maximum atomic E-state index is 6.09. The predicted octanol–water partition coefficient (Wildman–Crippen LogP) is 3.96. The number of rotatable bonds is 7. The van der Waals surface area contributed by atoms with Crippen molar-refractivity contribution >= 4 is 34.8 Å². The first-order valence-electron chi connectivity index (χ1n) is 6.11. The van der Waals surface area contributed by atoms with Crippen LogP contribution in [0.3, 0.4) is 0 Å². The minimum Gasteiger partial charge on any atom is -0.380 e. The van der Waals surface area contributed by atoms with Crippen LogP contribution in [0.5, 0.6) is 0 Å². The maximum Gasteiger partial charge on any atom is 0.0591 e. The van der Waals surface area contributed by atoms with E-state index in [0.717, 1.165) is 24.8 Å². The van der Waals surface area contributed by atoms with Crippen molar-refractivity contribution < 1.29 is 4.74 Å². The Labute approximate surface area is 123 Å². The minimum absolute atomic E-state index is 0.559. The van der Waals surface area contributed by atoms with Crippen molar-refractivity contribution in [1.29, 1.82) is 0 Å². The highest BCUT2D eigenvalue weighted by Gasteiger charge is 2.19. The fourth-order valence-corrected chi connectivity index (χ4v) is 2.72. The van der Waals surface area contributed by atoms with E-state index in [-0.39, 0.29) is 0 Å². The number of nitrogens with one attached hydrogen (secondary N) is 1. The molecule has 1 aromatic rings. The topological polar surface area (TPSA) is 21.3 Å². The van der Waals surface area contributed by atoms with Crippen molar-refractivity contribution in [2.24, 2.45) is 0 Å². The Balaban J connectivity index is 1.68. The summed E-state index contributed by atoms with van der Waals surface area (Å²) >= 11 is 18.0. The maximum absolute atomic E-state index is 6.09. The Hall–Kier alpha value is 0.01000. The highest BCUT2D eigenvalue weighted by atomic mass is 35.5. The predicted molar refractivity (Wildman–Crippen MR) is 77.0 cm³/mol. The minimum atomic E-state index is 0.559. The molecule has 18 heavy (non-hydrogen) atoms. The van der Waals surface area contributed by atoms with Crippen LogP contribution in [0.4, 0.5) is 0 Å². The third kappa shape index (κ3) is 4.60. The lowest BCUT2D eigenvalue weighted by molar-refractivity contribution is 0.138. The molecule has 2 nitrogen and oxygen atoms in total. The highest BCUT2D eigenvalue weighted by Crippen LogP contribution is 2.29. The smallest absolute Gasteiger partial charge is 0.0591 e. The third-order valence-corrected chi connectivity index (χ3v) is 3.75. The van der Waals surface area contributed by atoms with E-state index >= 15 is 0 Å². The van der Waals surface area contributed by atoms with Crippen LogP contribution in [-0.4, -0.2) is 25.8 Å². The molecule has 1 aliphatic carbocycles. The molecule has 0 bridgehead atoms. The molecule has 0 atom stereocenters. The van der Waals surface area contributed by atoms with Crippen molar-refractivity contribution in [1.82, 2.24) is 5.32 Å². The summed E-state index contributed by atoms with van der Waals surface area (Å²) < 4.78 is 5.54. The number of benzene rings is 1. The fourth-order valence-electron chi connectivity index (χ4n) is 1.71. The van der Waals surface area contributed by atoms with E-state index in [1.807, 2.05) is 0 Å². The summed E-state index contributed by atoms with van der Waals surface area (Å²) in [7, 11) is 0. The Morgan fingerprint density at radius 2 is 1.78 bits per heavy atom. The van der Waals surface area contributed by atoms with Gasteiger partial charge in [-0.2, -0.15) is 0 Å². The summed E-state index contributed by atoms with van der Waals surface area (Å²) in [6, 6.07) is 4.14. The summed E-state index contributed by atoms with van der Waals surface area (Å²) in [5.74, 6) is 0. The zero-order chi connectivity index (χ0) is 13.0.